The second kappa shape index (κ2) is 8.74. The number of aromatic nitrogens is 2. The van der Waals surface area contributed by atoms with Gasteiger partial charge >= 0.3 is 6.03 Å². The van der Waals surface area contributed by atoms with Gasteiger partial charge in [-0.2, -0.15) is 9.78 Å². The van der Waals surface area contributed by atoms with Crippen LogP contribution in [0.3, 0.4) is 0 Å². The number of hydrogen-bond donors (Lipinski definition) is 2. The van der Waals surface area contributed by atoms with E-state index in [9.17, 15) is 18.4 Å². The predicted molar refractivity (Wildman–Crippen MR) is 113 cm³/mol. The third-order valence-corrected chi connectivity index (χ3v) is 5.61. The van der Waals surface area contributed by atoms with Crippen molar-refractivity contribution in [1.82, 2.24) is 25.3 Å². The molecule has 1 aromatic heterocycles. The van der Waals surface area contributed by atoms with Crippen LogP contribution < -0.4 is 10.6 Å². The van der Waals surface area contributed by atoms with E-state index in [1.54, 1.807) is 0 Å². The van der Waals surface area contributed by atoms with Crippen LogP contribution in [0.1, 0.15) is 39.0 Å². The topological polar surface area (TPSA) is 79.3 Å². The van der Waals surface area contributed by atoms with E-state index in [1.807, 2.05) is 27.7 Å². The summed E-state index contributed by atoms with van der Waals surface area (Å²) < 4.78 is 28.6. The largest absolute Gasteiger partial charge is 0.357 e. The first-order chi connectivity index (χ1) is 14.6. The standard InChI is InChI=1S/C22H29F2N5O2/c1-6-28-10-9-17-14(12-28)18(13-7-8-15(23)16(24)11-13)27-29(17)21(31)26-19(20(30)25-5)22(2,3)4/h7-8,11,19H,6,9-10,12H2,1-5H3,(H,25,30)(H,26,31)/t19-/m1/s1. The lowest BCUT2D eigenvalue weighted by Crippen LogP contribution is -2.54. The van der Waals surface area contributed by atoms with Gasteiger partial charge in [-0.05, 0) is 30.2 Å². The quantitative estimate of drug-likeness (QED) is 0.777. The average molecular weight is 434 g/mol. The number of halogens is 2. The highest BCUT2D eigenvalue weighted by Crippen LogP contribution is 2.31. The van der Waals surface area contributed by atoms with Crippen molar-refractivity contribution in [3.63, 3.8) is 0 Å². The number of fused-ring (bicyclic) bond motifs is 1. The Bertz CT molecular complexity index is 997. The van der Waals surface area contributed by atoms with Crippen molar-refractivity contribution in [1.29, 1.82) is 0 Å². The summed E-state index contributed by atoms with van der Waals surface area (Å²) in [5, 5.41) is 9.84. The van der Waals surface area contributed by atoms with Crippen molar-refractivity contribution in [3.8, 4) is 11.3 Å². The van der Waals surface area contributed by atoms with Crippen LogP contribution in [0.25, 0.3) is 11.3 Å². The summed E-state index contributed by atoms with van der Waals surface area (Å²) in [6.07, 6.45) is 0.577. The van der Waals surface area contributed by atoms with Crippen molar-refractivity contribution < 1.29 is 18.4 Å². The molecular weight excluding hydrogens is 404 g/mol. The Hall–Kier alpha value is -2.81. The SMILES string of the molecule is CCN1CCc2c(c(-c3ccc(F)c(F)c3)nn2C(=O)N[C@H](C(=O)NC)C(C)(C)C)C1. The Morgan fingerprint density at radius 3 is 2.52 bits per heavy atom. The Labute approximate surface area is 180 Å². The molecule has 0 bridgehead atoms. The molecule has 9 heteroatoms. The summed E-state index contributed by atoms with van der Waals surface area (Å²) in [6.45, 7) is 9.73. The van der Waals surface area contributed by atoms with Crippen molar-refractivity contribution in [2.24, 2.45) is 5.41 Å². The van der Waals surface area contributed by atoms with Gasteiger partial charge in [-0.1, -0.05) is 27.7 Å². The van der Waals surface area contributed by atoms with Crippen LogP contribution in [0.2, 0.25) is 0 Å². The Morgan fingerprint density at radius 2 is 1.94 bits per heavy atom. The molecule has 2 N–H and O–H groups in total. The number of benzene rings is 1. The lowest BCUT2D eigenvalue weighted by Gasteiger charge is -2.30. The zero-order valence-corrected chi connectivity index (χ0v) is 18.6. The lowest BCUT2D eigenvalue weighted by atomic mass is 9.86. The molecule has 168 valence electrons. The van der Waals surface area contributed by atoms with Gasteiger partial charge in [0.05, 0.1) is 11.4 Å². The number of nitrogens with one attached hydrogen (secondary N) is 2. The first-order valence-electron chi connectivity index (χ1n) is 10.4. The smallest absolute Gasteiger partial charge is 0.343 e. The van der Waals surface area contributed by atoms with Crippen LogP contribution in [0.4, 0.5) is 13.6 Å². The van der Waals surface area contributed by atoms with Crippen LogP contribution in [0.5, 0.6) is 0 Å². The van der Waals surface area contributed by atoms with Gasteiger partial charge in [-0.25, -0.2) is 13.6 Å². The summed E-state index contributed by atoms with van der Waals surface area (Å²) in [7, 11) is 1.52. The number of carbonyl (C=O) groups excluding carboxylic acids is 2. The van der Waals surface area contributed by atoms with E-state index in [0.717, 1.165) is 30.8 Å². The second-order valence-corrected chi connectivity index (χ2v) is 8.80. The maximum atomic E-state index is 13.9. The van der Waals surface area contributed by atoms with Crippen molar-refractivity contribution in [2.45, 2.75) is 46.7 Å². The van der Waals surface area contributed by atoms with E-state index < -0.39 is 29.1 Å². The Morgan fingerprint density at radius 1 is 1.23 bits per heavy atom. The molecule has 0 unspecified atom stereocenters. The van der Waals surface area contributed by atoms with Gasteiger partial charge in [0.2, 0.25) is 5.91 Å². The fourth-order valence-corrected chi connectivity index (χ4v) is 3.79. The van der Waals surface area contributed by atoms with Gasteiger partial charge in [0.25, 0.3) is 0 Å². The van der Waals surface area contributed by atoms with E-state index in [2.05, 4.69) is 20.6 Å². The van der Waals surface area contributed by atoms with E-state index >= 15 is 0 Å². The van der Waals surface area contributed by atoms with Crippen molar-refractivity contribution >= 4 is 11.9 Å². The average Bonchev–Trinajstić information content (AvgIpc) is 3.11. The highest BCUT2D eigenvalue weighted by molar-refractivity contribution is 5.88. The molecule has 0 radical (unpaired) electrons. The summed E-state index contributed by atoms with van der Waals surface area (Å²) in [5.41, 5.74) is 1.84. The minimum atomic E-state index is -0.971. The predicted octanol–water partition coefficient (Wildman–Crippen LogP) is 2.92. The molecule has 3 rings (SSSR count). The van der Waals surface area contributed by atoms with E-state index in [-0.39, 0.29) is 5.91 Å². The van der Waals surface area contributed by atoms with Crippen LogP contribution in [0, 0.1) is 17.0 Å². The van der Waals surface area contributed by atoms with Gasteiger partial charge in [0, 0.05) is 37.7 Å². The highest BCUT2D eigenvalue weighted by Gasteiger charge is 2.34. The molecule has 0 fully saturated rings. The molecule has 0 saturated heterocycles. The van der Waals surface area contributed by atoms with E-state index in [0.29, 0.717) is 29.9 Å². The summed E-state index contributed by atoms with van der Waals surface area (Å²) in [5.74, 6) is -2.22. The first-order valence-corrected chi connectivity index (χ1v) is 10.4. The molecule has 1 aromatic carbocycles. The summed E-state index contributed by atoms with van der Waals surface area (Å²) in [4.78, 5) is 27.7. The lowest BCUT2D eigenvalue weighted by molar-refractivity contribution is -0.124. The summed E-state index contributed by atoms with van der Waals surface area (Å²) >= 11 is 0. The van der Waals surface area contributed by atoms with Crippen LogP contribution in [0.15, 0.2) is 18.2 Å². The number of carbonyl (C=O) groups is 2. The fourth-order valence-electron chi connectivity index (χ4n) is 3.79. The normalized spacial score (nSPS) is 15.3. The fraction of sp³-hybridized carbons (Fsp3) is 0.500. The van der Waals surface area contributed by atoms with Crippen LogP contribution >= 0.6 is 0 Å². The summed E-state index contributed by atoms with van der Waals surface area (Å²) in [6, 6.07) is 2.30. The van der Waals surface area contributed by atoms with Crippen LogP contribution in [-0.2, 0) is 17.8 Å². The molecule has 2 amide bonds. The zero-order valence-electron chi connectivity index (χ0n) is 18.6. The Balaban J connectivity index is 2.04. The molecule has 0 aliphatic carbocycles. The molecule has 0 saturated carbocycles. The number of hydrogen-bond acceptors (Lipinski definition) is 4. The second-order valence-electron chi connectivity index (χ2n) is 8.80. The highest BCUT2D eigenvalue weighted by atomic mass is 19.2. The van der Waals surface area contributed by atoms with Gasteiger partial charge < -0.3 is 10.6 Å². The van der Waals surface area contributed by atoms with E-state index in [4.69, 9.17) is 0 Å². The van der Waals surface area contributed by atoms with Crippen molar-refractivity contribution in [3.05, 3.63) is 41.1 Å². The van der Waals surface area contributed by atoms with Gasteiger partial charge in [0.1, 0.15) is 6.04 Å². The molecule has 1 aliphatic rings. The zero-order chi connectivity index (χ0) is 22.9. The third-order valence-electron chi connectivity index (χ3n) is 5.61. The molecule has 1 atom stereocenters. The van der Waals surface area contributed by atoms with Crippen molar-refractivity contribution in [2.75, 3.05) is 20.1 Å². The molecule has 31 heavy (non-hydrogen) atoms. The Kier molecular flexibility index (Phi) is 6.45. The molecule has 0 spiro atoms. The molecule has 1 aliphatic heterocycles. The number of amides is 2. The maximum absolute atomic E-state index is 13.9. The molecule has 2 aromatic rings. The van der Waals surface area contributed by atoms with Gasteiger partial charge in [-0.15, -0.1) is 0 Å². The van der Waals surface area contributed by atoms with Gasteiger partial charge in [-0.3, -0.25) is 9.69 Å². The minimum Gasteiger partial charge on any atom is -0.357 e. The first kappa shape index (κ1) is 22.9. The molecule has 2 heterocycles. The number of rotatable bonds is 4. The molecular formula is C22H29F2N5O2. The third kappa shape index (κ3) is 4.61. The number of likely N-dealkylation sites (N-methyl/N-ethyl adjacent to an activating group) is 2. The molecule has 7 nitrogen and oxygen atoms in total. The number of nitrogens with zero attached hydrogens (tertiary/aromatic N) is 3. The van der Waals surface area contributed by atoms with E-state index in [1.165, 1.54) is 17.8 Å². The monoisotopic (exact) mass is 433 g/mol. The van der Waals surface area contributed by atoms with Crippen LogP contribution in [-0.4, -0.2) is 52.8 Å². The maximum Gasteiger partial charge on any atom is 0.343 e. The minimum absolute atomic E-state index is 0.306. The van der Waals surface area contributed by atoms with Gasteiger partial charge in [0.15, 0.2) is 11.6 Å².